The Morgan fingerprint density at radius 3 is 2.74 bits per heavy atom. The van der Waals surface area contributed by atoms with Crippen LogP contribution in [-0.2, 0) is 10.0 Å². The van der Waals surface area contributed by atoms with Crippen molar-refractivity contribution in [3.63, 3.8) is 0 Å². The van der Waals surface area contributed by atoms with Gasteiger partial charge in [0.15, 0.2) is 0 Å². The Hall–Kier alpha value is -0.910. The Morgan fingerprint density at radius 1 is 1.32 bits per heavy atom. The number of rotatable bonds is 5. The Kier molecular flexibility index (Phi) is 4.96. The fourth-order valence-corrected chi connectivity index (χ4v) is 3.59. The first-order valence-corrected chi connectivity index (χ1v) is 8.33. The lowest BCUT2D eigenvalue weighted by molar-refractivity contribution is 0.354. The standard InChI is InChI=1S/C14H22N2O2S/c1-12-3-2-4-14(11-12)19(17,18)16-10-7-13-5-8-15-9-6-13/h2-4,11,13,15-16H,5-10H2,1H3. The quantitative estimate of drug-likeness (QED) is 0.863. The second-order valence-electron chi connectivity index (χ2n) is 5.20. The highest BCUT2D eigenvalue weighted by Gasteiger charge is 2.16. The Balaban J connectivity index is 1.87. The molecular formula is C14H22N2O2S. The van der Waals surface area contributed by atoms with Crippen LogP contribution in [0.3, 0.4) is 0 Å². The molecule has 1 heterocycles. The second kappa shape index (κ2) is 6.50. The van der Waals surface area contributed by atoms with E-state index in [1.807, 2.05) is 13.0 Å². The maximum absolute atomic E-state index is 12.1. The number of sulfonamides is 1. The molecule has 0 unspecified atom stereocenters. The fourth-order valence-electron chi connectivity index (χ4n) is 2.43. The molecule has 1 aliphatic heterocycles. The Bertz CT molecular complexity index is 508. The molecule has 0 bridgehead atoms. The molecule has 0 saturated carbocycles. The third kappa shape index (κ3) is 4.30. The van der Waals surface area contributed by atoms with Crippen molar-refractivity contribution in [2.75, 3.05) is 19.6 Å². The highest BCUT2D eigenvalue weighted by Crippen LogP contribution is 2.16. The van der Waals surface area contributed by atoms with Crippen molar-refractivity contribution < 1.29 is 8.42 Å². The average Bonchev–Trinajstić information content (AvgIpc) is 2.40. The molecule has 2 N–H and O–H groups in total. The van der Waals surface area contributed by atoms with E-state index >= 15 is 0 Å². The topological polar surface area (TPSA) is 58.2 Å². The highest BCUT2D eigenvalue weighted by molar-refractivity contribution is 7.89. The zero-order valence-electron chi connectivity index (χ0n) is 11.4. The number of hydrogen-bond donors (Lipinski definition) is 2. The van der Waals surface area contributed by atoms with E-state index in [4.69, 9.17) is 0 Å². The molecule has 1 aliphatic rings. The normalized spacial score (nSPS) is 17.5. The molecule has 0 aliphatic carbocycles. The van der Waals surface area contributed by atoms with Gasteiger partial charge in [-0.25, -0.2) is 13.1 Å². The van der Waals surface area contributed by atoms with Crippen LogP contribution in [0.15, 0.2) is 29.2 Å². The van der Waals surface area contributed by atoms with E-state index in [2.05, 4.69) is 10.0 Å². The first-order chi connectivity index (χ1) is 9.08. The molecule has 2 rings (SSSR count). The van der Waals surface area contributed by atoms with Crippen LogP contribution in [0.4, 0.5) is 0 Å². The van der Waals surface area contributed by atoms with E-state index in [1.165, 1.54) is 0 Å². The van der Waals surface area contributed by atoms with E-state index in [-0.39, 0.29) is 0 Å². The third-order valence-corrected chi connectivity index (χ3v) is 5.06. The van der Waals surface area contributed by atoms with Gasteiger partial charge in [-0.1, -0.05) is 12.1 Å². The zero-order chi connectivity index (χ0) is 13.7. The smallest absolute Gasteiger partial charge is 0.240 e. The SMILES string of the molecule is Cc1cccc(S(=O)(=O)NCCC2CCNCC2)c1. The molecule has 5 heteroatoms. The molecule has 1 fully saturated rings. The molecule has 1 saturated heterocycles. The van der Waals surface area contributed by atoms with E-state index in [9.17, 15) is 8.42 Å². The predicted molar refractivity (Wildman–Crippen MR) is 76.6 cm³/mol. The number of benzene rings is 1. The summed E-state index contributed by atoms with van der Waals surface area (Å²) in [5.74, 6) is 0.640. The third-order valence-electron chi connectivity index (χ3n) is 3.60. The summed E-state index contributed by atoms with van der Waals surface area (Å²) in [4.78, 5) is 0.359. The Labute approximate surface area is 115 Å². The molecule has 1 aromatic rings. The van der Waals surface area contributed by atoms with Gasteiger partial charge in [0.25, 0.3) is 0 Å². The van der Waals surface area contributed by atoms with Gasteiger partial charge in [0.2, 0.25) is 10.0 Å². The Morgan fingerprint density at radius 2 is 2.05 bits per heavy atom. The molecule has 1 aromatic carbocycles. The number of nitrogens with one attached hydrogen (secondary N) is 2. The maximum atomic E-state index is 12.1. The van der Waals surface area contributed by atoms with E-state index in [1.54, 1.807) is 18.2 Å². The summed E-state index contributed by atoms with van der Waals surface area (Å²) in [7, 11) is -3.35. The van der Waals surface area contributed by atoms with Gasteiger partial charge >= 0.3 is 0 Å². The van der Waals surface area contributed by atoms with Gasteiger partial charge in [0.05, 0.1) is 4.90 Å². The monoisotopic (exact) mass is 282 g/mol. The van der Waals surface area contributed by atoms with Crippen molar-refractivity contribution in [3.05, 3.63) is 29.8 Å². The summed E-state index contributed by atoms with van der Waals surface area (Å²) in [6.07, 6.45) is 3.21. The fraction of sp³-hybridized carbons (Fsp3) is 0.571. The molecule has 19 heavy (non-hydrogen) atoms. The minimum atomic E-state index is -3.35. The molecular weight excluding hydrogens is 260 g/mol. The van der Waals surface area contributed by atoms with Crippen molar-refractivity contribution in [1.29, 1.82) is 0 Å². The van der Waals surface area contributed by atoms with Gasteiger partial charge < -0.3 is 5.32 Å². The van der Waals surface area contributed by atoms with Crippen LogP contribution in [0, 0.1) is 12.8 Å². The van der Waals surface area contributed by atoms with Crippen LogP contribution < -0.4 is 10.0 Å². The summed E-state index contributed by atoms with van der Waals surface area (Å²) in [5.41, 5.74) is 0.959. The first-order valence-electron chi connectivity index (χ1n) is 6.85. The first kappa shape index (κ1) is 14.5. The van der Waals surface area contributed by atoms with Gasteiger partial charge in [-0.2, -0.15) is 0 Å². The predicted octanol–water partition coefficient (Wildman–Crippen LogP) is 1.66. The van der Waals surface area contributed by atoms with Gasteiger partial charge in [-0.3, -0.25) is 0 Å². The lowest BCUT2D eigenvalue weighted by Gasteiger charge is -2.22. The minimum absolute atomic E-state index is 0.359. The lowest BCUT2D eigenvalue weighted by Crippen LogP contribution is -2.31. The van der Waals surface area contributed by atoms with E-state index in [0.717, 1.165) is 37.9 Å². The summed E-state index contributed by atoms with van der Waals surface area (Å²) in [5, 5.41) is 3.31. The zero-order valence-corrected chi connectivity index (χ0v) is 12.2. The molecule has 106 valence electrons. The van der Waals surface area contributed by atoms with Crippen LogP contribution in [-0.4, -0.2) is 28.1 Å². The van der Waals surface area contributed by atoms with Crippen molar-refractivity contribution in [1.82, 2.24) is 10.0 Å². The molecule has 0 atom stereocenters. The van der Waals surface area contributed by atoms with E-state index < -0.39 is 10.0 Å². The molecule has 0 spiro atoms. The number of piperidine rings is 1. The minimum Gasteiger partial charge on any atom is -0.317 e. The molecule has 0 amide bonds. The molecule has 0 aromatic heterocycles. The second-order valence-corrected chi connectivity index (χ2v) is 6.96. The number of aryl methyl sites for hydroxylation is 1. The van der Waals surface area contributed by atoms with Crippen LogP contribution >= 0.6 is 0 Å². The van der Waals surface area contributed by atoms with Gasteiger partial charge in [0, 0.05) is 6.54 Å². The van der Waals surface area contributed by atoms with Crippen LogP contribution in [0.1, 0.15) is 24.8 Å². The summed E-state index contributed by atoms with van der Waals surface area (Å²) in [6, 6.07) is 7.01. The number of hydrogen-bond acceptors (Lipinski definition) is 3. The van der Waals surface area contributed by atoms with Gasteiger partial charge in [0.1, 0.15) is 0 Å². The molecule has 0 radical (unpaired) electrons. The summed E-state index contributed by atoms with van der Waals surface area (Å²) >= 11 is 0. The van der Waals surface area contributed by atoms with Crippen LogP contribution in [0.25, 0.3) is 0 Å². The maximum Gasteiger partial charge on any atom is 0.240 e. The van der Waals surface area contributed by atoms with Crippen LogP contribution in [0.5, 0.6) is 0 Å². The van der Waals surface area contributed by atoms with Gasteiger partial charge in [-0.05, 0) is 62.9 Å². The van der Waals surface area contributed by atoms with Crippen LogP contribution in [0.2, 0.25) is 0 Å². The highest BCUT2D eigenvalue weighted by atomic mass is 32.2. The van der Waals surface area contributed by atoms with Crippen molar-refractivity contribution in [3.8, 4) is 0 Å². The van der Waals surface area contributed by atoms with Crippen molar-refractivity contribution in [2.24, 2.45) is 5.92 Å². The largest absolute Gasteiger partial charge is 0.317 e. The van der Waals surface area contributed by atoms with Crippen molar-refractivity contribution >= 4 is 10.0 Å². The van der Waals surface area contributed by atoms with Crippen molar-refractivity contribution in [2.45, 2.75) is 31.1 Å². The van der Waals surface area contributed by atoms with Gasteiger partial charge in [-0.15, -0.1) is 0 Å². The molecule has 4 nitrogen and oxygen atoms in total. The summed E-state index contributed by atoms with van der Waals surface area (Å²) in [6.45, 7) is 4.53. The lowest BCUT2D eigenvalue weighted by atomic mass is 9.95. The summed E-state index contributed by atoms with van der Waals surface area (Å²) < 4.78 is 26.9. The average molecular weight is 282 g/mol. The van der Waals surface area contributed by atoms with E-state index in [0.29, 0.717) is 17.4 Å².